The standard InChI is InChI=1S/C15H16N2O2/c1-11-10-19-15(16-11)17-8-7-13(14(17)18)9-12-5-3-2-4-6-12/h2-6,10,13H,7-9H2,1H3. The Morgan fingerprint density at radius 2 is 2.16 bits per heavy atom. The van der Waals surface area contributed by atoms with Crippen molar-refractivity contribution in [2.75, 3.05) is 11.4 Å². The molecule has 1 saturated heterocycles. The molecule has 2 aromatic rings. The highest BCUT2D eigenvalue weighted by Gasteiger charge is 2.34. The summed E-state index contributed by atoms with van der Waals surface area (Å²) in [5, 5.41) is 0. The quantitative estimate of drug-likeness (QED) is 0.848. The molecule has 1 atom stereocenters. The molecule has 1 aromatic heterocycles. The Balaban J connectivity index is 1.72. The van der Waals surface area contributed by atoms with Crippen LogP contribution in [0.5, 0.6) is 0 Å². The van der Waals surface area contributed by atoms with Crippen molar-refractivity contribution in [3.05, 3.63) is 47.9 Å². The number of nitrogens with zero attached hydrogens (tertiary/aromatic N) is 2. The van der Waals surface area contributed by atoms with Gasteiger partial charge in [-0.1, -0.05) is 30.3 Å². The van der Waals surface area contributed by atoms with E-state index in [1.165, 1.54) is 5.56 Å². The second-order valence-corrected chi connectivity index (χ2v) is 4.94. The van der Waals surface area contributed by atoms with E-state index in [9.17, 15) is 4.79 Å². The SMILES string of the molecule is Cc1coc(N2CCC(Cc3ccccc3)C2=O)n1. The second kappa shape index (κ2) is 4.88. The molecule has 1 aromatic carbocycles. The lowest BCUT2D eigenvalue weighted by molar-refractivity contribution is -0.120. The number of aryl methyl sites for hydroxylation is 1. The maximum absolute atomic E-state index is 12.3. The summed E-state index contributed by atoms with van der Waals surface area (Å²) in [5.74, 6) is 0.153. The van der Waals surface area contributed by atoms with E-state index < -0.39 is 0 Å². The van der Waals surface area contributed by atoms with Crippen LogP contribution < -0.4 is 4.90 Å². The molecule has 2 heterocycles. The normalized spacial score (nSPS) is 19.1. The summed E-state index contributed by atoms with van der Waals surface area (Å²) in [6, 6.07) is 10.5. The summed E-state index contributed by atoms with van der Waals surface area (Å²) >= 11 is 0. The van der Waals surface area contributed by atoms with Gasteiger partial charge in [0.1, 0.15) is 6.26 Å². The molecule has 1 fully saturated rings. The van der Waals surface area contributed by atoms with Crippen LogP contribution in [0, 0.1) is 12.8 Å². The molecule has 4 nitrogen and oxygen atoms in total. The molecule has 0 radical (unpaired) electrons. The molecule has 0 spiro atoms. The van der Waals surface area contributed by atoms with Crippen molar-refractivity contribution in [1.82, 2.24) is 4.98 Å². The van der Waals surface area contributed by atoms with Crippen molar-refractivity contribution < 1.29 is 9.21 Å². The number of oxazole rings is 1. The zero-order valence-electron chi connectivity index (χ0n) is 10.9. The van der Waals surface area contributed by atoms with Gasteiger partial charge < -0.3 is 4.42 Å². The first-order valence-electron chi connectivity index (χ1n) is 6.51. The first-order valence-corrected chi connectivity index (χ1v) is 6.51. The fourth-order valence-corrected chi connectivity index (χ4v) is 2.48. The molecule has 4 heteroatoms. The van der Waals surface area contributed by atoms with E-state index in [2.05, 4.69) is 17.1 Å². The first-order chi connectivity index (χ1) is 9.24. The summed E-state index contributed by atoms with van der Waals surface area (Å²) in [6.07, 6.45) is 3.22. The largest absolute Gasteiger partial charge is 0.431 e. The Hall–Kier alpha value is -2.10. The molecule has 98 valence electrons. The first kappa shape index (κ1) is 12.0. The Bertz CT molecular complexity index is 577. The Morgan fingerprint density at radius 3 is 2.84 bits per heavy atom. The molecular formula is C15H16N2O2. The number of rotatable bonds is 3. The third kappa shape index (κ3) is 2.38. The molecule has 1 unspecified atom stereocenters. The number of hydrogen-bond donors (Lipinski definition) is 0. The Labute approximate surface area is 112 Å². The minimum absolute atomic E-state index is 0.0367. The predicted molar refractivity (Wildman–Crippen MR) is 71.8 cm³/mol. The number of aromatic nitrogens is 1. The van der Waals surface area contributed by atoms with Crippen LogP contribution in [0.1, 0.15) is 17.7 Å². The lowest BCUT2D eigenvalue weighted by atomic mass is 9.98. The van der Waals surface area contributed by atoms with E-state index in [-0.39, 0.29) is 11.8 Å². The minimum atomic E-state index is 0.0367. The molecule has 3 rings (SSSR count). The predicted octanol–water partition coefficient (Wildman–Crippen LogP) is 2.58. The fraction of sp³-hybridized carbons (Fsp3) is 0.333. The zero-order chi connectivity index (χ0) is 13.2. The average Bonchev–Trinajstić information content (AvgIpc) is 2.99. The maximum atomic E-state index is 12.3. The van der Waals surface area contributed by atoms with Crippen LogP contribution in [0.3, 0.4) is 0 Å². The van der Waals surface area contributed by atoms with Crippen LogP contribution >= 0.6 is 0 Å². The van der Waals surface area contributed by atoms with Gasteiger partial charge in [0.2, 0.25) is 5.91 Å². The van der Waals surface area contributed by atoms with E-state index in [0.717, 1.165) is 18.5 Å². The Kier molecular flexibility index (Phi) is 3.07. The van der Waals surface area contributed by atoms with Crippen molar-refractivity contribution in [1.29, 1.82) is 0 Å². The third-order valence-electron chi connectivity index (χ3n) is 3.48. The van der Waals surface area contributed by atoms with Crippen LogP contribution in [0.2, 0.25) is 0 Å². The molecule has 1 aliphatic rings. The van der Waals surface area contributed by atoms with E-state index >= 15 is 0 Å². The van der Waals surface area contributed by atoms with Crippen LogP contribution in [-0.2, 0) is 11.2 Å². The van der Waals surface area contributed by atoms with Crippen molar-refractivity contribution in [2.24, 2.45) is 5.92 Å². The van der Waals surface area contributed by atoms with Crippen LogP contribution in [0.15, 0.2) is 41.0 Å². The summed E-state index contributed by atoms with van der Waals surface area (Å²) in [6.45, 7) is 2.55. The number of amides is 1. The highest BCUT2D eigenvalue weighted by molar-refractivity contribution is 5.95. The number of benzene rings is 1. The van der Waals surface area contributed by atoms with Crippen LogP contribution in [0.25, 0.3) is 0 Å². The summed E-state index contributed by atoms with van der Waals surface area (Å²) in [7, 11) is 0. The molecule has 1 amide bonds. The topological polar surface area (TPSA) is 46.3 Å². The van der Waals surface area contributed by atoms with Crippen LogP contribution in [-0.4, -0.2) is 17.4 Å². The van der Waals surface area contributed by atoms with Gasteiger partial charge >= 0.3 is 6.01 Å². The van der Waals surface area contributed by atoms with Gasteiger partial charge in [-0.15, -0.1) is 0 Å². The smallest absolute Gasteiger partial charge is 0.304 e. The second-order valence-electron chi connectivity index (χ2n) is 4.94. The van der Waals surface area contributed by atoms with E-state index in [1.54, 1.807) is 11.2 Å². The van der Waals surface area contributed by atoms with Crippen molar-refractivity contribution in [3.8, 4) is 0 Å². The summed E-state index contributed by atoms with van der Waals surface area (Å²) < 4.78 is 5.31. The monoisotopic (exact) mass is 256 g/mol. The number of anilines is 1. The Morgan fingerprint density at radius 1 is 1.37 bits per heavy atom. The number of carbonyl (C=O) groups is 1. The van der Waals surface area contributed by atoms with Crippen LogP contribution in [0.4, 0.5) is 6.01 Å². The lowest BCUT2D eigenvalue weighted by Gasteiger charge is -2.12. The molecule has 0 bridgehead atoms. The van der Waals surface area contributed by atoms with Gasteiger partial charge in [-0.25, -0.2) is 0 Å². The number of carbonyl (C=O) groups excluding carboxylic acids is 1. The molecular weight excluding hydrogens is 240 g/mol. The van der Waals surface area contributed by atoms with E-state index in [4.69, 9.17) is 4.42 Å². The van der Waals surface area contributed by atoms with E-state index in [0.29, 0.717) is 12.6 Å². The van der Waals surface area contributed by atoms with Gasteiger partial charge in [0.05, 0.1) is 5.69 Å². The highest BCUT2D eigenvalue weighted by Crippen LogP contribution is 2.26. The van der Waals surface area contributed by atoms with E-state index in [1.807, 2.05) is 25.1 Å². The highest BCUT2D eigenvalue weighted by atomic mass is 16.4. The summed E-state index contributed by atoms with van der Waals surface area (Å²) in [4.78, 5) is 18.2. The van der Waals surface area contributed by atoms with Crippen molar-refractivity contribution in [2.45, 2.75) is 19.8 Å². The van der Waals surface area contributed by atoms with Crippen molar-refractivity contribution >= 4 is 11.9 Å². The van der Waals surface area contributed by atoms with Gasteiger partial charge in [0.15, 0.2) is 0 Å². The number of hydrogen-bond acceptors (Lipinski definition) is 3. The molecule has 1 aliphatic heterocycles. The van der Waals surface area contributed by atoms with Gasteiger partial charge in [-0.3, -0.25) is 9.69 Å². The third-order valence-corrected chi connectivity index (χ3v) is 3.48. The van der Waals surface area contributed by atoms with Gasteiger partial charge in [-0.2, -0.15) is 4.98 Å². The molecule has 19 heavy (non-hydrogen) atoms. The van der Waals surface area contributed by atoms with Gasteiger partial charge in [0.25, 0.3) is 0 Å². The summed E-state index contributed by atoms with van der Waals surface area (Å²) in [5.41, 5.74) is 2.00. The average molecular weight is 256 g/mol. The zero-order valence-corrected chi connectivity index (χ0v) is 10.9. The molecule has 0 saturated carbocycles. The lowest BCUT2D eigenvalue weighted by Crippen LogP contribution is -2.28. The van der Waals surface area contributed by atoms with Crippen molar-refractivity contribution in [3.63, 3.8) is 0 Å². The van der Waals surface area contributed by atoms with Gasteiger partial charge in [-0.05, 0) is 25.3 Å². The minimum Gasteiger partial charge on any atom is -0.431 e. The van der Waals surface area contributed by atoms with Gasteiger partial charge in [0, 0.05) is 12.5 Å². The molecule has 0 aliphatic carbocycles. The maximum Gasteiger partial charge on any atom is 0.304 e. The fourth-order valence-electron chi connectivity index (χ4n) is 2.48. The molecule has 0 N–H and O–H groups in total.